The molecule has 0 aliphatic carbocycles. The Morgan fingerprint density at radius 3 is 2.69 bits per heavy atom. The van der Waals surface area contributed by atoms with Crippen molar-refractivity contribution in [2.75, 3.05) is 5.73 Å². The second-order valence-electron chi connectivity index (χ2n) is 7.82. The molecule has 160 valence electrons. The predicted octanol–water partition coefficient (Wildman–Crippen LogP) is 5.96. The maximum Gasteiger partial charge on any atom is 0.219 e. The average molecular weight is 444 g/mol. The van der Waals surface area contributed by atoms with Gasteiger partial charge in [-0.2, -0.15) is 0 Å². The van der Waals surface area contributed by atoms with Gasteiger partial charge in [0.05, 0.1) is 11.1 Å². The van der Waals surface area contributed by atoms with E-state index in [1.54, 1.807) is 18.7 Å². The number of benzene rings is 2. The van der Waals surface area contributed by atoms with E-state index in [1.165, 1.54) is 0 Å². The Morgan fingerprint density at radius 2 is 1.88 bits per heavy atom. The smallest absolute Gasteiger partial charge is 0.219 e. The van der Waals surface area contributed by atoms with Crippen molar-refractivity contribution in [3.05, 3.63) is 83.3 Å². The van der Waals surface area contributed by atoms with Gasteiger partial charge in [0.2, 0.25) is 5.95 Å². The van der Waals surface area contributed by atoms with E-state index in [4.69, 9.17) is 21.8 Å². The van der Waals surface area contributed by atoms with Gasteiger partial charge in [-0.05, 0) is 60.9 Å². The molecule has 0 spiro atoms. The molecule has 0 amide bonds. The molecule has 6 nitrogen and oxygen atoms in total. The molecule has 5 rings (SSSR count). The van der Waals surface area contributed by atoms with E-state index in [0.717, 1.165) is 38.9 Å². The number of nitrogens with zero attached hydrogens (tertiary/aromatic N) is 4. The van der Waals surface area contributed by atoms with Crippen LogP contribution in [0, 0.1) is 0 Å². The van der Waals surface area contributed by atoms with Crippen molar-refractivity contribution in [2.24, 2.45) is 4.99 Å². The van der Waals surface area contributed by atoms with Gasteiger partial charge in [0, 0.05) is 35.3 Å². The fourth-order valence-electron chi connectivity index (χ4n) is 4.16. The minimum absolute atomic E-state index is 0.0240. The lowest BCUT2D eigenvalue weighted by Crippen LogP contribution is -2.34. The molecule has 0 bridgehead atoms. The molecule has 0 radical (unpaired) electrons. The summed E-state index contributed by atoms with van der Waals surface area (Å²) in [6, 6.07) is 14.5. The largest absolute Gasteiger partial charge is 0.463 e. The number of hydrogen-bond acceptors (Lipinski definition) is 6. The van der Waals surface area contributed by atoms with Gasteiger partial charge in [-0.3, -0.25) is 4.99 Å². The topological polar surface area (TPSA) is 80.5 Å². The van der Waals surface area contributed by atoms with Crippen LogP contribution in [0.4, 0.5) is 5.95 Å². The molecular weight excluding hydrogens is 422 g/mol. The van der Waals surface area contributed by atoms with Gasteiger partial charge in [0.1, 0.15) is 18.0 Å². The number of rotatable bonds is 4. The van der Waals surface area contributed by atoms with Crippen molar-refractivity contribution in [1.29, 1.82) is 0 Å². The summed E-state index contributed by atoms with van der Waals surface area (Å²) in [5, 5.41) is 1.51. The maximum atomic E-state index is 6.32. The molecule has 2 aromatic heterocycles. The first kappa shape index (κ1) is 20.3. The minimum atomic E-state index is -0.0240. The van der Waals surface area contributed by atoms with E-state index < -0.39 is 0 Å². The average Bonchev–Trinajstić information content (AvgIpc) is 3.19. The SMILES string of the molecule is CC1N=CC=C(c2ccc3occ(Cl)c3c2)N1[C@@H](C)c1cccc(-c2cnc(N)nc2)c1. The Hall–Kier alpha value is -3.64. The lowest BCUT2D eigenvalue weighted by molar-refractivity contribution is 0.252. The lowest BCUT2D eigenvalue weighted by atomic mass is 9.98. The summed E-state index contributed by atoms with van der Waals surface area (Å²) in [7, 11) is 0. The third kappa shape index (κ3) is 3.63. The molecule has 32 heavy (non-hydrogen) atoms. The van der Waals surface area contributed by atoms with Crippen LogP contribution < -0.4 is 5.73 Å². The molecule has 1 aliphatic heterocycles. The molecule has 2 atom stereocenters. The van der Waals surface area contributed by atoms with E-state index >= 15 is 0 Å². The monoisotopic (exact) mass is 443 g/mol. The highest BCUT2D eigenvalue weighted by Crippen LogP contribution is 2.37. The van der Waals surface area contributed by atoms with Crippen LogP contribution in [0.1, 0.15) is 31.0 Å². The number of hydrogen-bond donors (Lipinski definition) is 1. The minimum Gasteiger partial charge on any atom is -0.463 e. The second kappa shape index (κ2) is 8.13. The number of nitrogens with two attached hydrogens (primary N) is 1. The third-order valence-corrected chi connectivity index (χ3v) is 6.12. The standard InChI is InChI=1S/C25H22ClN5O/c1-15(17-4-3-5-18(10-17)20-12-29-25(27)30-13-20)31-16(2)28-9-8-23(31)19-6-7-24-21(11-19)22(26)14-32-24/h3-16H,1-2H3,(H2,27,29,30)/t15-,16?/m0/s1. The molecule has 4 aromatic rings. The van der Waals surface area contributed by atoms with Gasteiger partial charge in [-0.25, -0.2) is 9.97 Å². The van der Waals surface area contributed by atoms with Crippen LogP contribution in [0.5, 0.6) is 0 Å². The summed E-state index contributed by atoms with van der Waals surface area (Å²) < 4.78 is 5.51. The molecule has 0 saturated carbocycles. The van der Waals surface area contributed by atoms with Crippen LogP contribution >= 0.6 is 11.6 Å². The van der Waals surface area contributed by atoms with Gasteiger partial charge >= 0.3 is 0 Å². The van der Waals surface area contributed by atoms with Crippen LogP contribution in [0.3, 0.4) is 0 Å². The summed E-state index contributed by atoms with van der Waals surface area (Å²) in [5.41, 5.74) is 11.7. The number of furan rings is 1. The fourth-order valence-corrected chi connectivity index (χ4v) is 4.35. The quantitative estimate of drug-likeness (QED) is 0.421. The predicted molar refractivity (Wildman–Crippen MR) is 129 cm³/mol. The molecule has 2 aromatic carbocycles. The van der Waals surface area contributed by atoms with Crippen LogP contribution in [0.15, 0.2) is 76.6 Å². The van der Waals surface area contributed by atoms with Crippen molar-refractivity contribution >= 4 is 40.4 Å². The number of nitrogen functional groups attached to an aromatic ring is 1. The highest BCUT2D eigenvalue weighted by Gasteiger charge is 2.26. The van der Waals surface area contributed by atoms with E-state index in [-0.39, 0.29) is 18.2 Å². The summed E-state index contributed by atoms with van der Waals surface area (Å²) in [4.78, 5) is 15.2. The van der Waals surface area contributed by atoms with Crippen molar-refractivity contribution in [1.82, 2.24) is 14.9 Å². The normalized spacial score (nSPS) is 16.9. The van der Waals surface area contributed by atoms with Crippen molar-refractivity contribution in [3.8, 4) is 11.1 Å². The Balaban J connectivity index is 1.52. The van der Waals surface area contributed by atoms with Crippen LogP contribution in [0.25, 0.3) is 27.8 Å². The van der Waals surface area contributed by atoms with E-state index in [2.05, 4.69) is 70.1 Å². The van der Waals surface area contributed by atoms with Crippen molar-refractivity contribution < 1.29 is 4.42 Å². The van der Waals surface area contributed by atoms with E-state index in [9.17, 15) is 0 Å². The zero-order valence-electron chi connectivity index (χ0n) is 17.7. The molecular formula is C25H22ClN5O. The first-order chi connectivity index (χ1) is 15.5. The Labute approximate surface area is 191 Å². The van der Waals surface area contributed by atoms with Crippen molar-refractivity contribution in [2.45, 2.75) is 26.1 Å². The van der Waals surface area contributed by atoms with Crippen molar-refractivity contribution in [3.63, 3.8) is 0 Å². The molecule has 1 aliphatic rings. The van der Waals surface area contributed by atoms with Gasteiger partial charge in [0.25, 0.3) is 0 Å². The van der Waals surface area contributed by atoms with Gasteiger partial charge < -0.3 is 15.1 Å². The van der Waals surface area contributed by atoms with Crippen LogP contribution in [-0.2, 0) is 0 Å². The molecule has 2 N–H and O–H groups in total. The molecule has 0 saturated heterocycles. The second-order valence-corrected chi connectivity index (χ2v) is 8.22. The number of aromatic nitrogens is 2. The maximum absolute atomic E-state index is 6.32. The number of halogens is 1. The number of fused-ring (bicyclic) bond motifs is 1. The van der Waals surface area contributed by atoms with Crippen LogP contribution in [-0.4, -0.2) is 27.2 Å². The van der Waals surface area contributed by atoms with Gasteiger partial charge in [-0.1, -0.05) is 29.8 Å². The van der Waals surface area contributed by atoms with Gasteiger partial charge in [0.15, 0.2) is 0 Å². The first-order valence-corrected chi connectivity index (χ1v) is 10.8. The summed E-state index contributed by atoms with van der Waals surface area (Å²) in [6.07, 6.45) is 8.95. The fraction of sp³-hybridized carbons (Fsp3) is 0.160. The molecule has 0 fully saturated rings. The number of anilines is 1. The number of allylic oxidation sites excluding steroid dienone is 1. The Morgan fingerprint density at radius 1 is 1.06 bits per heavy atom. The zero-order chi connectivity index (χ0) is 22.2. The summed E-state index contributed by atoms with van der Waals surface area (Å²) >= 11 is 6.32. The third-order valence-electron chi connectivity index (χ3n) is 5.83. The molecule has 7 heteroatoms. The summed E-state index contributed by atoms with van der Waals surface area (Å²) in [5.74, 6) is 0.266. The van der Waals surface area contributed by atoms with Crippen LogP contribution in [0.2, 0.25) is 5.02 Å². The highest BCUT2D eigenvalue weighted by atomic mass is 35.5. The number of aliphatic imine (C=N–C) groups is 1. The van der Waals surface area contributed by atoms with E-state index in [0.29, 0.717) is 5.02 Å². The van der Waals surface area contributed by atoms with Gasteiger partial charge in [-0.15, -0.1) is 0 Å². The molecule has 1 unspecified atom stereocenters. The molecule has 3 heterocycles. The lowest BCUT2D eigenvalue weighted by Gasteiger charge is -2.38. The summed E-state index contributed by atoms with van der Waals surface area (Å²) in [6.45, 7) is 4.29. The Bertz CT molecular complexity index is 1340. The first-order valence-electron chi connectivity index (χ1n) is 10.4. The zero-order valence-corrected chi connectivity index (χ0v) is 18.5. The Kier molecular flexibility index (Phi) is 5.15. The highest BCUT2D eigenvalue weighted by molar-refractivity contribution is 6.35. The van der Waals surface area contributed by atoms with E-state index in [1.807, 2.05) is 18.4 Å².